The predicted octanol–water partition coefficient (Wildman–Crippen LogP) is 20.8. The van der Waals surface area contributed by atoms with E-state index in [1.807, 2.05) is 0 Å². The molecule has 1 saturated heterocycles. The Labute approximate surface area is 549 Å². The molecule has 89 heavy (non-hydrogen) atoms. The molecule has 0 aliphatic carbocycles. The lowest BCUT2D eigenvalue weighted by atomic mass is 9.99. The van der Waals surface area contributed by atoms with Crippen LogP contribution in [0.15, 0.2) is 0 Å². The van der Waals surface area contributed by atoms with Gasteiger partial charge in [0.25, 0.3) is 0 Å². The Morgan fingerprint density at radius 2 is 0.607 bits per heavy atom. The molecule has 0 radical (unpaired) electrons. The van der Waals surface area contributed by atoms with E-state index in [0.29, 0.717) is 58.5 Å². The van der Waals surface area contributed by atoms with Crippen LogP contribution in [0.5, 0.6) is 0 Å². The maximum absolute atomic E-state index is 14.9. The third-order valence-electron chi connectivity index (χ3n) is 17.8. The molecule has 1 heterocycles. The summed E-state index contributed by atoms with van der Waals surface area (Å²) in [5.74, 6) is 0. The van der Waals surface area contributed by atoms with E-state index in [0.717, 1.165) is 116 Å². The molecule has 0 bridgehead atoms. The smallest absolute Gasteiger partial charge is 0.394 e. The monoisotopic (exact) mass is 1310 g/mol. The van der Waals surface area contributed by atoms with Crippen LogP contribution in [0.3, 0.4) is 0 Å². The van der Waals surface area contributed by atoms with Crippen molar-refractivity contribution in [3.63, 3.8) is 0 Å². The Kier molecular flexibility index (Phi) is 61.3. The van der Waals surface area contributed by atoms with E-state index in [-0.39, 0.29) is 32.0 Å². The Morgan fingerprint density at radius 3 is 0.921 bits per heavy atom. The highest BCUT2D eigenvalue weighted by atomic mass is 31.2. The molecule has 1 aliphatic heterocycles. The van der Waals surface area contributed by atoms with Crippen LogP contribution in [0.1, 0.15) is 363 Å². The zero-order chi connectivity index (χ0) is 65.0. The number of nitrogens with zero attached hydrogens (tertiary/aromatic N) is 1. The van der Waals surface area contributed by atoms with Gasteiger partial charge in [-0.2, -0.15) is 0 Å². The van der Waals surface area contributed by atoms with Crippen molar-refractivity contribution < 1.29 is 66.2 Å². The fraction of sp³-hybridized carbons (Fsp3) is 1.00. The number of ether oxygens (including phenoxy) is 2. The van der Waals surface area contributed by atoms with Gasteiger partial charge in [0, 0.05) is 19.7 Å². The van der Waals surface area contributed by atoms with Crippen LogP contribution >= 0.6 is 15.6 Å². The molecule has 15 nitrogen and oxygen atoms in total. The van der Waals surface area contributed by atoms with Gasteiger partial charge in [0.1, 0.15) is 24.4 Å². The summed E-state index contributed by atoms with van der Waals surface area (Å²) >= 11 is 0. The highest BCUT2D eigenvalue weighted by molar-refractivity contribution is 7.48. The summed E-state index contributed by atoms with van der Waals surface area (Å²) in [7, 11) is -7.82. The minimum absolute atomic E-state index is 0.192. The first kappa shape index (κ1) is 87.0. The number of phosphoric acid groups is 2. The molecular formula is C72H147NO14P2. The third kappa shape index (κ3) is 50.0. The Balaban J connectivity index is 3.33. The van der Waals surface area contributed by atoms with Gasteiger partial charge >= 0.3 is 15.6 Å². The van der Waals surface area contributed by atoms with Gasteiger partial charge in [-0.25, -0.2) is 9.13 Å². The molecule has 1 aliphatic rings. The van der Waals surface area contributed by atoms with Crippen LogP contribution in [0.4, 0.5) is 0 Å². The van der Waals surface area contributed by atoms with E-state index >= 15 is 0 Å². The average Bonchev–Trinajstić information content (AvgIpc) is 2.38. The van der Waals surface area contributed by atoms with Gasteiger partial charge in [0.15, 0.2) is 6.29 Å². The standard InChI is InChI=1S/C72H147NO14P2/c1-7-13-19-25-31-33-35-41-48-61-81-88(78,86-66(53-43-37-27-21-15-9-3)54-44-38-28-22-16-10-4)83-63-51-58-73(57-47-50-60-80-72-71(77)70(76)69(75)68(65-74)85-72)59-52-64-84-89(79,82-62-49-42-36-34-32-26-20-14-8-2)87-67(55-45-39-29-23-17-11-5)56-46-40-30-24-18-12-6/h66-72,74-77H,7-65H2,1-6H3/t68-,69-,70+,71+,72+,88?,89?/m1/s1. The van der Waals surface area contributed by atoms with E-state index in [1.54, 1.807) is 0 Å². The van der Waals surface area contributed by atoms with Crippen LogP contribution in [0.2, 0.25) is 0 Å². The third-order valence-corrected chi connectivity index (χ3v) is 20.9. The first-order valence-corrected chi connectivity index (χ1v) is 41.2. The van der Waals surface area contributed by atoms with Gasteiger partial charge in [-0.3, -0.25) is 27.1 Å². The second-order valence-electron chi connectivity index (χ2n) is 26.4. The van der Waals surface area contributed by atoms with E-state index in [2.05, 4.69) is 46.4 Å². The van der Waals surface area contributed by atoms with E-state index in [4.69, 9.17) is 36.6 Å². The number of hydrogen-bond acceptors (Lipinski definition) is 15. The molecule has 0 spiro atoms. The number of phosphoric ester groups is 2. The summed E-state index contributed by atoms with van der Waals surface area (Å²) in [6.07, 6.45) is 48.2. The summed E-state index contributed by atoms with van der Waals surface area (Å²) in [6.45, 7) is 16.1. The topological polar surface area (TPSA) is 192 Å². The number of rotatable bonds is 71. The van der Waals surface area contributed by atoms with Gasteiger partial charge in [0.2, 0.25) is 0 Å². The average molecular weight is 1310 g/mol. The Morgan fingerprint density at radius 1 is 0.337 bits per heavy atom. The number of unbranched alkanes of at least 4 members (excludes halogenated alkanes) is 37. The lowest BCUT2D eigenvalue weighted by molar-refractivity contribution is -0.301. The van der Waals surface area contributed by atoms with Crippen molar-refractivity contribution in [1.29, 1.82) is 0 Å². The highest BCUT2D eigenvalue weighted by Gasteiger charge is 2.44. The fourth-order valence-corrected chi connectivity index (χ4v) is 14.9. The molecule has 534 valence electrons. The van der Waals surface area contributed by atoms with Crippen LogP contribution in [0, 0.1) is 0 Å². The van der Waals surface area contributed by atoms with Crippen LogP contribution in [0.25, 0.3) is 0 Å². The van der Waals surface area contributed by atoms with E-state index < -0.39 is 53.0 Å². The van der Waals surface area contributed by atoms with Crippen LogP contribution in [-0.2, 0) is 45.7 Å². The minimum atomic E-state index is -3.91. The Bertz CT molecular complexity index is 1450. The molecule has 0 aromatic carbocycles. The largest absolute Gasteiger partial charge is 0.475 e. The first-order valence-electron chi connectivity index (χ1n) is 38.2. The molecule has 2 unspecified atom stereocenters. The van der Waals surface area contributed by atoms with Crippen LogP contribution < -0.4 is 0 Å². The quantitative estimate of drug-likeness (QED) is 0.0332. The summed E-state index contributed by atoms with van der Waals surface area (Å²) in [5, 5.41) is 41.0. The second-order valence-corrected chi connectivity index (χ2v) is 29.6. The molecule has 0 amide bonds. The molecule has 0 saturated carbocycles. The fourth-order valence-electron chi connectivity index (χ4n) is 12.0. The maximum Gasteiger partial charge on any atom is 0.475 e. The second kappa shape index (κ2) is 62.7. The molecule has 17 heteroatoms. The van der Waals surface area contributed by atoms with Crippen molar-refractivity contribution in [3.8, 4) is 0 Å². The molecule has 4 N–H and O–H groups in total. The van der Waals surface area contributed by atoms with E-state index in [9.17, 15) is 29.6 Å². The maximum atomic E-state index is 14.9. The molecule has 0 aromatic heterocycles. The molecule has 7 atom stereocenters. The zero-order valence-electron chi connectivity index (χ0n) is 59.0. The van der Waals surface area contributed by atoms with Gasteiger partial charge in [-0.1, -0.05) is 298 Å². The molecule has 1 fully saturated rings. The number of hydrogen-bond donors (Lipinski definition) is 4. The van der Waals surface area contributed by atoms with Gasteiger partial charge in [0.05, 0.1) is 45.2 Å². The SMILES string of the molecule is CCCCCCCCCCCOP(=O)(OCCCN(CCCCO[C@H]1O[C@H](CO)[C@@H](O)[C@H](O)[C@@H]1O)CCCOP(=O)(OCCCCCCCCCCC)OC(CCCCCCCC)CCCCCCCC)OC(CCCCCCCC)CCCCCCCC. The molecule has 1 rings (SSSR count). The zero-order valence-corrected chi connectivity index (χ0v) is 60.8. The van der Waals surface area contributed by atoms with Crippen molar-refractivity contribution >= 4 is 15.6 Å². The summed E-state index contributed by atoms with van der Waals surface area (Å²) in [4.78, 5) is 2.31. The van der Waals surface area contributed by atoms with E-state index in [1.165, 1.54) is 180 Å². The summed E-state index contributed by atoms with van der Waals surface area (Å²) in [5.41, 5.74) is 0. The lowest BCUT2D eigenvalue weighted by Gasteiger charge is -2.39. The molecule has 0 aromatic rings. The Hall–Kier alpha value is -0.0600. The normalized spacial score (nSPS) is 18.7. The van der Waals surface area contributed by atoms with Gasteiger partial charge < -0.3 is 34.8 Å². The van der Waals surface area contributed by atoms with Crippen molar-refractivity contribution in [3.05, 3.63) is 0 Å². The number of aliphatic hydroxyl groups excluding tert-OH is 4. The van der Waals surface area contributed by atoms with Crippen molar-refractivity contribution in [2.24, 2.45) is 0 Å². The summed E-state index contributed by atoms with van der Waals surface area (Å²) in [6, 6.07) is 0. The van der Waals surface area contributed by atoms with Crippen molar-refractivity contribution in [1.82, 2.24) is 4.90 Å². The highest BCUT2D eigenvalue weighted by Crippen LogP contribution is 2.53. The van der Waals surface area contributed by atoms with Crippen molar-refractivity contribution in [2.75, 3.05) is 59.3 Å². The van der Waals surface area contributed by atoms with Crippen LogP contribution in [-0.4, -0.2) is 128 Å². The first-order chi connectivity index (χ1) is 43.4. The summed E-state index contributed by atoms with van der Waals surface area (Å²) < 4.78 is 79.6. The van der Waals surface area contributed by atoms with Gasteiger partial charge in [-0.05, 0) is 70.8 Å². The molecular weight excluding hydrogens is 1160 g/mol. The lowest BCUT2D eigenvalue weighted by Crippen LogP contribution is -2.59. The predicted molar refractivity (Wildman–Crippen MR) is 370 cm³/mol. The van der Waals surface area contributed by atoms with Gasteiger partial charge in [-0.15, -0.1) is 0 Å². The minimum Gasteiger partial charge on any atom is -0.394 e. The van der Waals surface area contributed by atoms with Crippen molar-refractivity contribution in [2.45, 2.75) is 405 Å². The number of aliphatic hydroxyl groups is 4.